The zero-order valence-electron chi connectivity index (χ0n) is 8.84. The number of rotatable bonds is 3. The van der Waals surface area contributed by atoms with E-state index in [9.17, 15) is 14.4 Å². The second-order valence-corrected chi connectivity index (χ2v) is 3.07. The van der Waals surface area contributed by atoms with Crippen LogP contribution in [0.2, 0.25) is 0 Å². The molecule has 0 radical (unpaired) electrons. The van der Waals surface area contributed by atoms with Gasteiger partial charge in [0.05, 0.1) is 6.54 Å². The molecule has 1 heterocycles. The number of hydrogen-bond donors (Lipinski definition) is 1. The lowest BCUT2D eigenvalue weighted by Crippen LogP contribution is -2.55. The van der Waals surface area contributed by atoms with Gasteiger partial charge in [-0.1, -0.05) is 0 Å². The van der Waals surface area contributed by atoms with E-state index < -0.39 is 17.8 Å². The van der Waals surface area contributed by atoms with E-state index in [-0.39, 0.29) is 19.0 Å². The molecule has 0 aromatic carbocycles. The second-order valence-electron chi connectivity index (χ2n) is 3.07. The zero-order chi connectivity index (χ0) is 11.4. The second kappa shape index (κ2) is 6.29. The fourth-order valence-corrected chi connectivity index (χ4v) is 1.27. The van der Waals surface area contributed by atoms with Crippen LogP contribution in [0.15, 0.2) is 0 Å². The summed E-state index contributed by atoms with van der Waals surface area (Å²) in [6.45, 7) is 2.31. The van der Waals surface area contributed by atoms with Gasteiger partial charge in [-0.2, -0.15) is 5.06 Å². The van der Waals surface area contributed by atoms with Crippen LogP contribution in [0.5, 0.6) is 0 Å². The Kier molecular flexibility index (Phi) is 5.76. The third kappa shape index (κ3) is 3.35. The fraction of sp³-hybridized carbons (Fsp3) is 0.625. The molecule has 0 aliphatic carbocycles. The first-order chi connectivity index (χ1) is 7.06. The topological polar surface area (TPSA) is 92.9 Å². The van der Waals surface area contributed by atoms with Crippen molar-refractivity contribution >= 4 is 30.2 Å². The summed E-state index contributed by atoms with van der Waals surface area (Å²) in [6, 6.07) is 0. The average molecular weight is 252 g/mol. The van der Waals surface area contributed by atoms with Gasteiger partial charge in [-0.05, 0) is 0 Å². The summed E-state index contributed by atoms with van der Waals surface area (Å²) in [4.78, 5) is 39.3. The van der Waals surface area contributed by atoms with Crippen LogP contribution in [0.4, 0.5) is 0 Å². The number of carbonyl (C=O) groups is 3. The Labute approximate surface area is 98.9 Å². The van der Waals surface area contributed by atoms with Gasteiger partial charge in [0, 0.05) is 26.6 Å². The summed E-state index contributed by atoms with van der Waals surface area (Å²) >= 11 is 0. The minimum Gasteiger partial charge on any atom is -0.338 e. The normalized spacial score (nSPS) is 15.9. The summed E-state index contributed by atoms with van der Waals surface area (Å²) in [5.41, 5.74) is 5.28. The van der Waals surface area contributed by atoms with Gasteiger partial charge in [-0.3, -0.25) is 14.4 Å². The molecule has 16 heavy (non-hydrogen) atoms. The zero-order valence-corrected chi connectivity index (χ0v) is 9.66. The molecule has 1 fully saturated rings. The highest BCUT2D eigenvalue weighted by molar-refractivity contribution is 6.35. The largest absolute Gasteiger partial charge is 0.344 e. The Morgan fingerprint density at radius 3 is 2.50 bits per heavy atom. The highest BCUT2D eigenvalue weighted by atomic mass is 35.5. The van der Waals surface area contributed by atoms with Gasteiger partial charge < -0.3 is 15.5 Å². The minimum absolute atomic E-state index is 0. The van der Waals surface area contributed by atoms with Crippen LogP contribution in [-0.2, 0) is 19.2 Å². The van der Waals surface area contributed by atoms with Gasteiger partial charge in [0.25, 0.3) is 0 Å². The van der Waals surface area contributed by atoms with Gasteiger partial charge in [-0.25, -0.2) is 0 Å². The van der Waals surface area contributed by atoms with Crippen LogP contribution in [0.25, 0.3) is 0 Å². The van der Waals surface area contributed by atoms with Crippen molar-refractivity contribution in [3.63, 3.8) is 0 Å². The molecule has 0 bridgehead atoms. The van der Waals surface area contributed by atoms with Crippen molar-refractivity contribution in [2.75, 3.05) is 26.2 Å². The van der Waals surface area contributed by atoms with Crippen molar-refractivity contribution in [2.45, 2.75) is 6.92 Å². The lowest BCUT2D eigenvalue weighted by Gasteiger charge is -2.31. The Morgan fingerprint density at radius 1 is 1.38 bits per heavy atom. The fourth-order valence-electron chi connectivity index (χ4n) is 1.27. The number of hydrogen-bond acceptors (Lipinski definition) is 5. The highest BCUT2D eigenvalue weighted by Gasteiger charge is 2.34. The van der Waals surface area contributed by atoms with Crippen LogP contribution < -0.4 is 5.73 Å². The summed E-state index contributed by atoms with van der Waals surface area (Å²) in [5, 5.41) is 0.775. The molecule has 0 aromatic rings. The molecule has 1 rings (SSSR count). The van der Waals surface area contributed by atoms with Crippen LogP contribution in [-0.4, -0.2) is 53.9 Å². The Balaban J connectivity index is 0.00000225. The molecule has 2 N–H and O–H groups in total. The predicted octanol–water partition coefficient (Wildman–Crippen LogP) is -1.48. The van der Waals surface area contributed by atoms with Crippen LogP contribution >= 0.6 is 12.4 Å². The van der Waals surface area contributed by atoms with Crippen molar-refractivity contribution in [2.24, 2.45) is 5.73 Å². The summed E-state index contributed by atoms with van der Waals surface area (Å²) < 4.78 is 0. The first-order valence-electron chi connectivity index (χ1n) is 4.55. The summed E-state index contributed by atoms with van der Waals surface area (Å²) in [7, 11) is 0. The smallest absolute Gasteiger partial charge is 0.338 e. The Morgan fingerprint density at radius 2 is 2.00 bits per heavy atom. The maximum Gasteiger partial charge on any atom is 0.344 e. The molecule has 1 saturated heterocycles. The van der Waals surface area contributed by atoms with E-state index in [1.54, 1.807) is 0 Å². The third-order valence-electron chi connectivity index (χ3n) is 1.91. The summed E-state index contributed by atoms with van der Waals surface area (Å²) in [6.07, 6.45) is 0. The highest BCUT2D eigenvalue weighted by Crippen LogP contribution is 2.05. The van der Waals surface area contributed by atoms with E-state index >= 15 is 0 Å². The standard InChI is InChI=1S/C8H13N3O4.ClH/c1-6(12)15-11-5-4-10(3-2-9)7(13)8(11)14;/h2-5,9H2,1H3;1H. The number of nitrogens with zero attached hydrogens (tertiary/aromatic N) is 2. The molecule has 8 heteroatoms. The molecule has 0 spiro atoms. The maximum absolute atomic E-state index is 11.4. The molecule has 2 amide bonds. The van der Waals surface area contributed by atoms with E-state index in [1.807, 2.05) is 0 Å². The van der Waals surface area contributed by atoms with Gasteiger partial charge in [0.2, 0.25) is 0 Å². The molecule has 7 nitrogen and oxygen atoms in total. The van der Waals surface area contributed by atoms with Gasteiger partial charge in [0.1, 0.15) is 0 Å². The SMILES string of the molecule is CC(=O)ON1CCN(CCN)C(=O)C1=O.Cl. The molecule has 1 aliphatic rings. The van der Waals surface area contributed by atoms with Crippen molar-refractivity contribution in [1.29, 1.82) is 0 Å². The van der Waals surface area contributed by atoms with Crippen molar-refractivity contribution in [3.8, 4) is 0 Å². The predicted molar refractivity (Wildman–Crippen MR) is 56.4 cm³/mol. The molecule has 92 valence electrons. The number of piperazine rings is 1. The van der Waals surface area contributed by atoms with Crippen molar-refractivity contribution in [1.82, 2.24) is 9.96 Å². The molecule has 0 saturated carbocycles. The van der Waals surface area contributed by atoms with E-state index in [0.29, 0.717) is 19.6 Å². The molecule has 1 aliphatic heterocycles. The molecular formula is C8H14ClN3O4. The van der Waals surface area contributed by atoms with Gasteiger partial charge in [0.15, 0.2) is 0 Å². The van der Waals surface area contributed by atoms with Crippen molar-refractivity contribution in [3.05, 3.63) is 0 Å². The van der Waals surface area contributed by atoms with E-state index in [4.69, 9.17) is 5.73 Å². The molecular weight excluding hydrogens is 238 g/mol. The Bertz CT molecular complexity index is 297. The van der Waals surface area contributed by atoms with Crippen LogP contribution in [0, 0.1) is 0 Å². The molecule has 0 atom stereocenters. The maximum atomic E-state index is 11.4. The number of carbonyl (C=O) groups excluding carboxylic acids is 3. The van der Waals surface area contributed by atoms with Crippen LogP contribution in [0.3, 0.4) is 0 Å². The number of nitrogens with two attached hydrogens (primary N) is 1. The number of amides is 2. The van der Waals surface area contributed by atoms with E-state index in [1.165, 1.54) is 11.8 Å². The van der Waals surface area contributed by atoms with Gasteiger partial charge >= 0.3 is 17.8 Å². The Hall–Kier alpha value is -1.34. The lowest BCUT2D eigenvalue weighted by molar-refractivity contribution is -0.203. The number of halogens is 1. The molecule has 0 unspecified atom stereocenters. The first-order valence-corrected chi connectivity index (χ1v) is 4.55. The van der Waals surface area contributed by atoms with Crippen molar-refractivity contribution < 1.29 is 19.2 Å². The molecule has 0 aromatic heterocycles. The minimum atomic E-state index is -0.829. The third-order valence-corrected chi connectivity index (χ3v) is 1.91. The average Bonchev–Trinajstić information content (AvgIpc) is 2.17. The quantitative estimate of drug-likeness (QED) is 0.618. The van der Waals surface area contributed by atoms with E-state index in [2.05, 4.69) is 4.84 Å². The lowest BCUT2D eigenvalue weighted by atomic mass is 10.3. The monoisotopic (exact) mass is 251 g/mol. The van der Waals surface area contributed by atoms with Crippen LogP contribution in [0.1, 0.15) is 6.92 Å². The van der Waals surface area contributed by atoms with Gasteiger partial charge in [-0.15, -0.1) is 12.4 Å². The van der Waals surface area contributed by atoms with E-state index in [0.717, 1.165) is 5.06 Å². The first kappa shape index (κ1) is 14.7. The summed E-state index contributed by atoms with van der Waals surface area (Å²) in [5.74, 6) is -2.14. The number of hydroxylamine groups is 2.